The summed E-state index contributed by atoms with van der Waals surface area (Å²) in [5, 5.41) is 17.2. The zero-order valence-corrected chi connectivity index (χ0v) is 11.0. The summed E-state index contributed by atoms with van der Waals surface area (Å²) in [6.45, 7) is 1.67. The largest absolute Gasteiger partial charge is 0.252 e. The second kappa shape index (κ2) is 5.28. The minimum absolute atomic E-state index is 0.126. The van der Waals surface area contributed by atoms with Crippen LogP contribution < -0.4 is 0 Å². The van der Waals surface area contributed by atoms with Crippen LogP contribution in [-0.4, -0.2) is 25.8 Å². The van der Waals surface area contributed by atoms with Crippen LogP contribution in [0.3, 0.4) is 0 Å². The smallest absolute Gasteiger partial charge is 0.206 e. The van der Waals surface area contributed by atoms with Gasteiger partial charge in [-0.25, -0.2) is 8.42 Å². The zero-order chi connectivity index (χ0) is 13.1. The number of nitriles is 2. The molecule has 0 saturated carbocycles. The predicted octanol–water partition coefficient (Wildman–Crippen LogP) is 1.54. The van der Waals surface area contributed by atoms with Crippen LogP contribution in [0.5, 0.6) is 0 Å². The zero-order valence-electron chi connectivity index (χ0n) is 9.41. The van der Waals surface area contributed by atoms with Crippen LogP contribution in [0, 0.1) is 22.7 Å². The van der Waals surface area contributed by atoms with Crippen molar-refractivity contribution in [1.29, 1.82) is 10.5 Å². The third kappa shape index (κ3) is 2.83. The highest BCUT2D eigenvalue weighted by atomic mass is 32.2. The van der Waals surface area contributed by atoms with E-state index in [1.54, 1.807) is 6.92 Å². The Kier molecular flexibility index (Phi) is 4.24. The first kappa shape index (κ1) is 13.7. The molecule has 0 aliphatic carbocycles. The molecule has 0 aliphatic heterocycles. The molecule has 5 nitrogen and oxygen atoms in total. The Morgan fingerprint density at radius 2 is 2.12 bits per heavy atom. The van der Waals surface area contributed by atoms with Crippen LogP contribution >= 0.6 is 11.3 Å². The van der Waals surface area contributed by atoms with Gasteiger partial charge >= 0.3 is 0 Å². The van der Waals surface area contributed by atoms with Crippen LogP contribution in [0.2, 0.25) is 0 Å². The fourth-order valence-electron chi connectivity index (χ4n) is 1.16. The van der Waals surface area contributed by atoms with Gasteiger partial charge in [-0.1, -0.05) is 0 Å². The van der Waals surface area contributed by atoms with E-state index in [1.165, 1.54) is 19.2 Å². The molecule has 0 saturated heterocycles. The lowest BCUT2D eigenvalue weighted by Gasteiger charge is -2.21. The number of nitrogens with zero attached hydrogens (tertiary/aromatic N) is 3. The first-order valence-corrected chi connectivity index (χ1v) is 7.04. The summed E-state index contributed by atoms with van der Waals surface area (Å²) in [5.41, 5.74) is 0. The predicted molar refractivity (Wildman–Crippen MR) is 63.7 cm³/mol. The molecule has 1 aromatic heterocycles. The molecule has 0 spiro atoms. The molecule has 0 amide bonds. The molecule has 1 atom stereocenters. The van der Waals surface area contributed by atoms with Crippen molar-refractivity contribution in [3.8, 4) is 12.1 Å². The topological polar surface area (TPSA) is 85.0 Å². The highest BCUT2D eigenvalue weighted by Gasteiger charge is 2.26. The van der Waals surface area contributed by atoms with E-state index in [2.05, 4.69) is 0 Å². The lowest BCUT2D eigenvalue weighted by molar-refractivity contribution is 0.394. The highest BCUT2D eigenvalue weighted by Crippen LogP contribution is 2.25. The van der Waals surface area contributed by atoms with Gasteiger partial charge in [-0.05, 0) is 19.1 Å². The second-order valence-corrected chi connectivity index (χ2v) is 6.77. The Hall–Kier alpha value is -1.41. The van der Waals surface area contributed by atoms with Crippen molar-refractivity contribution in [3.05, 3.63) is 17.0 Å². The fraction of sp³-hybridized carbons (Fsp3) is 0.400. The number of rotatable bonds is 4. The van der Waals surface area contributed by atoms with Gasteiger partial charge < -0.3 is 0 Å². The minimum atomic E-state index is -3.60. The van der Waals surface area contributed by atoms with Crippen LogP contribution in [0.4, 0.5) is 0 Å². The molecule has 1 rings (SSSR count). The average molecular weight is 269 g/mol. The maximum atomic E-state index is 12.1. The van der Waals surface area contributed by atoms with Crippen LogP contribution in [0.25, 0.3) is 0 Å². The molecule has 0 aromatic carbocycles. The molecule has 0 fully saturated rings. The van der Waals surface area contributed by atoms with Crippen LogP contribution in [0.1, 0.15) is 18.2 Å². The van der Waals surface area contributed by atoms with Crippen LogP contribution in [0.15, 0.2) is 16.3 Å². The number of sulfonamides is 1. The van der Waals surface area contributed by atoms with Gasteiger partial charge in [0.25, 0.3) is 10.0 Å². The van der Waals surface area contributed by atoms with E-state index in [0.717, 1.165) is 15.6 Å². The number of hydrogen-bond acceptors (Lipinski definition) is 5. The lowest BCUT2D eigenvalue weighted by atomic mass is 10.3. The van der Waals surface area contributed by atoms with E-state index < -0.39 is 16.1 Å². The first-order chi connectivity index (χ1) is 7.93. The Balaban J connectivity index is 3.04. The maximum absolute atomic E-state index is 12.1. The van der Waals surface area contributed by atoms with E-state index >= 15 is 0 Å². The van der Waals surface area contributed by atoms with Gasteiger partial charge in [-0.3, -0.25) is 0 Å². The SMILES string of the molecule is CC(CC#N)N(C)S(=O)(=O)c1ccc(C#N)s1. The maximum Gasteiger partial charge on any atom is 0.252 e. The van der Waals surface area contributed by atoms with Crippen molar-refractivity contribution in [2.45, 2.75) is 23.6 Å². The number of hydrogen-bond donors (Lipinski definition) is 0. The quantitative estimate of drug-likeness (QED) is 0.829. The van der Waals surface area contributed by atoms with E-state index in [0.29, 0.717) is 4.88 Å². The Morgan fingerprint density at radius 3 is 2.59 bits per heavy atom. The van der Waals surface area contributed by atoms with Crippen molar-refractivity contribution in [2.24, 2.45) is 0 Å². The summed E-state index contributed by atoms with van der Waals surface area (Å²) in [6, 6.07) is 6.32. The molecular weight excluding hydrogens is 258 g/mol. The minimum Gasteiger partial charge on any atom is -0.206 e. The van der Waals surface area contributed by atoms with Crippen LogP contribution in [-0.2, 0) is 10.0 Å². The van der Waals surface area contributed by atoms with Gasteiger partial charge in [-0.15, -0.1) is 11.3 Å². The summed E-state index contributed by atoms with van der Waals surface area (Å²) >= 11 is 0.930. The van der Waals surface area contributed by atoms with Gasteiger partial charge in [0.15, 0.2) is 0 Å². The van der Waals surface area contributed by atoms with E-state index in [-0.39, 0.29) is 10.6 Å². The summed E-state index contributed by atoms with van der Waals surface area (Å²) in [5.74, 6) is 0. The molecule has 1 heterocycles. The van der Waals surface area contributed by atoms with Gasteiger partial charge in [0.1, 0.15) is 15.2 Å². The van der Waals surface area contributed by atoms with Gasteiger partial charge in [0, 0.05) is 13.1 Å². The van der Waals surface area contributed by atoms with Crippen molar-refractivity contribution < 1.29 is 8.42 Å². The normalized spacial score (nSPS) is 13.0. The summed E-state index contributed by atoms with van der Waals surface area (Å²) in [6.07, 6.45) is 0.131. The molecular formula is C10H11N3O2S2. The molecule has 7 heteroatoms. The Morgan fingerprint density at radius 1 is 1.47 bits per heavy atom. The lowest BCUT2D eigenvalue weighted by Crippen LogP contribution is -2.34. The van der Waals surface area contributed by atoms with E-state index in [9.17, 15) is 8.42 Å². The van der Waals surface area contributed by atoms with Crippen molar-refractivity contribution in [1.82, 2.24) is 4.31 Å². The Bertz CT molecular complexity index is 577. The molecule has 17 heavy (non-hydrogen) atoms. The second-order valence-electron chi connectivity index (χ2n) is 3.46. The third-order valence-corrected chi connectivity index (χ3v) is 5.76. The van der Waals surface area contributed by atoms with E-state index in [1.807, 2.05) is 12.1 Å². The average Bonchev–Trinajstić information content (AvgIpc) is 2.77. The third-order valence-electron chi connectivity index (χ3n) is 2.33. The summed E-state index contributed by atoms with van der Waals surface area (Å²) < 4.78 is 25.5. The van der Waals surface area contributed by atoms with Gasteiger partial charge in [0.2, 0.25) is 0 Å². The summed E-state index contributed by atoms with van der Waals surface area (Å²) in [7, 11) is -2.17. The van der Waals surface area contributed by atoms with Crippen molar-refractivity contribution in [2.75, 3.05) is 7.05 Å². The summed E-state index contributed by atoms with van der Waals surface area (Å²) in [4.78, 5) is 0.352. The highest BCUT2D eigenvalue weighted by molar-refractivity contribution is 7.91. The van der Waals surface area contributed by atoms with E-state index in [4.69, 9.17) is 10.5 Å². The molecule has 0 aliphatic rings. The first-order valence-electron chi connectivity index (χ1n) is 4.78. The van der Waals surface area contributed by atoms with Crippen molar-refractivity contribution >= 4 is 21.4 Å². The molecule has 0 radical (unpaired) electrons. The molecule has 1 aromatic rings. The standard InChI is InChI=1S/C10H11N3O2S2/c1-8(5-6-11)13(2)17(14,15)10-4-3-9(7-12)16-10/h3-4,8H,5H2,1-2H3. The van der Waals surface area contributed by atoms with Crippen molar-refractivity contribution in [3.63, 3.8) is 0 Å². The van der Waals surface area contributed by atoms with Gasteiger partial charge in [0.05, 0.1) is 12.5 Å². The monoisotopic (exact) mass is 269 g/mol. The fourth-order valence-corrected chi connectivity index (χ4v) is 3.81. The molecule has 0 bridgehead atoms. The molecule has 90 valence electrons. The molecule has 1 unspecified atom stereocenters. The number of thiophene rings is 1. The molecule has 0 N–H and O–H groups in total. The Labute approximate surface area is 105 Å². The van der Waals surface area contributed by atoms with Gasteiger partial charge in [-0.2, -0.15) is 14.8 Å².